The third kappa shape index (κ3) is 3.67. The van der Waals surface area contributed by atoms with Crippen LogP contribution in [0.5, 0.6) is 5.75 Å². The van der Waals surface area contributed by atoms with E-state index in [2.05, 4.69) is 4.98 Å². The highest BCUT2D eigenvalue weighted by atomic mass is 32.1. The first-order valence-corrected chi connectivity index (χ1v) is 8.91. The Kier molecular flexibility index (Phi) is 5.18. The maximum absolute atomic E-state index is 12.5. The Morgan fingerprint density at radius 1 is 1.19 bits per heavy atom. The van der Waals surface area contributed by atoms with Gasteiger partial charge in [0.05, 0.1) is 21.8 Å². The zero-order valence-electron chi connectivity index (χ0n) is 14.5. The van der Waals surface area contributed by atoms with E-state index in [1.807, 2.05) is 31.2 Å². The highest BCUT2D eigenvalue weighted by Gasteiger charge is 2.21. The van der Waals surface area contributed by atoms with Crippen LogP contribution in [0.1, 0.15) is 28.3 Å². The number of carbonyl (C=O) groups excluding carboxylic acids is 2. The second-order valence-electron chi connectivity index (χ2n) is 5.85. The van der Waals surface area contributed by atoms with Gasteiger partial charge in [-0.15, -0.1) is 11.3 Å². The lowest BCUT2D eigenvalue weighted by Gasteiger charge is -2.23. The van der Waals surface area contributed by atoms with Crippen LogP contribution in [0.4, 0.5) is 0 Å². The lowest BCUT2D eigenvalue weighted by atomic mass is 10.2. The highest BCUT2D eigenvalue weighted by Crippen LogP contribution is 2.29. The van der Waals surface area contributed by atoms with Crippen molar-refractivity contribution in [1.82, 2.24) is 9.88 Å². The molecule has 0 saturated heterocycles. The minimum Gasteiger partial charge on any atom is -0.483 e. The number of benzene rings is 2. The molecule has 0 unspecified atom stereocenters. The Morgan fingerprint density at radius 2 is 1.88 bits per heavy atom. The van der Waals surface area contributed by atoms with Crippen LogP contribution in [-0.4, -0.2) is 35.4 Å². The SMILES string of the molecule is C[C@H](c1nc2ccccc2s1)N(C)C(=O)COc1ccccc1C(N)=O. The number of fused-ring (bicyclic) bond motifs is 1. The molecule has 7 heteroatoms. The molecular formula is C19H19N3O3S. The molecule has 0 aliphatic rings. The molecule has 1 atom stereocenters. The molecule has 6 nitrogen and oxygen atoms in total. The van der Waals surface area contributed by atoms with E-state index >= 15 is 0 Å². The molecule has 2 aromatic carbocycles. The molecule has 3 rings (SSSR count). The van der Waals surface area contributed by atoms with E-state index in [1.165, 1.54) is 0 Å². The van der Waals surface area contributed by atoms with Crippen molar-refractivity contribution >= 4 is 33.4 Å². The average Bonchev–Trinajstić information content (AvgIpc) is 3.09. The number of aromatic nitrogens is 1. The van der Waals surface area contributed by atoms with E-state index in [0.29, 0.717) is 5.75 Å². The van der Waals surface area contributed by atoms with Gasteiger partial charge in [-0.25, -0.2) is 4.98 Å². The minimum absolute atomic E-state index is 0.184. The van der Waals surface area contributed by atoms with Crippen LogP contribution < -0.4 is 10.5 Å². The van der Waals surface area contributed by atoms with Gasteiger partial charge >= 0.3 is 0 Å². The van der Waals surface area contributed by atoms with Crippen molar-refractivity contribution in [1.29, 1.82) is 0 Å². The summed E-state index contributed by atoms with van der Waals surface area (Å²) in [6, 6.07) is 14.3. The summed E-state index contributed by atoms with van der Waals surface area (Å²) < 4.78 is 6.60. The molecule has 0 aliphatic carbocycles. The predicted octanol–water partition coefficient (Wildman–Crippen LogP) is 2.99. The Hall–Kier alpha value is -2.93. The van der Waals surface area contributed by atoms with Crippen molar-refractivity contribution in [3.8, 4) is 5.75 Å². The fourth-order valence-electron chi connectivity index (χ4n) is 2.49. The Balaban J connectivity index is 1.68. The van der Waals surface area contributed by atoms with Crippen molar-refractivity contribution in [2.24, 2.45) is 5.73 Å². The number of rotatable bonds is 6. The first kappa shape index (κ1) is 17.9. The van der Waals surface area contributed by atoms with E-state index in [0.717, 1.165) is 15.2 Å². The molecule has 26 heavy (non-hydrogen) atoms. The van der Waals surface area contributed by atoms with Gasteiger partial charge in [0.25, 0.3) is 11.8 Å². The molecule has 1 aromatic heterocycles. The number of hydrogen-bond acceptors (Lipinski definition) is 5. The van der Waals surface area contributed by atoms with Crippen LogP contribution in [0.3, 0.4) is 0 Å². The van der Waals surface area contributed by atoms with Gasteiger partial charge in [-0.05, 0) is 31.2 Å². The number of nitrogens with zero attached hydrogens (tertiary/aromatic N) is 2. The van der Waals surface area contributed by atoms with E-state index < -0.39 is 5.91 Å². The molecule has 0 bridgehead atoms. The van der Waals surface area contributed by atoms with E-state index in [9.17, 15) is 9.59 Å². The molecule has 0 fully saturated rings. The number of hydrogen-bond donors (Lipinski definition) is 1. The Bertz CT molecular complexity index is 921. The topological polar surface area (TPSA) is 85.5 Å². The van der Waals surface area contributed by atoms with Gasteiger partial charge in [-0.2, -0.15) is 0 Å². The van der Waals surface area contributed by atoms with Crippen molar-refractivity contribution < 1.29 is 14.3 Å². The summed E-state index contributed by atoms with van der Waals surface area (Å²) in [5.41, 5.74) is 6.50. The van der Waals surface area contributed by atoms with Gasteiger partial charge in [-0.1, -0.05) is 24.3 Å². The van der Waals surface area contributed by atoms with Gasteiger partial charge < -0.3 is 15.4 Å². The smallest absolute Gasteiger partial charge is 0.260 e. The fraction of sp³-hybridized carbons (Fsp3) is 0.211. The van der Waals surface area contributed by atoms with Gasteiger partial charge in [0.2, 0.25) is 0 Å². The van der Waals surface area contributed by atoms with Gasteiger partial charge in [0.1, 0.15) is 10.8 Å². The molecule has 0 aliphatic heterocycles. The van der Waals surface area contributed by atoms with E-state index in [1.54, 1.807) is 47.5 Å². The van der Waals surface area contributed by atoms with Gasteiger partial charge in [0.15, 0.2) is 6.61 Å². The second kappa shape index (κ2) is 7.53. The first-order chi connectivity index (χ1) is 12.5. The molecule has 0 spiro atoms. The second-order valence-corrected chi connectivity index (χ2v) is 6.91. The maximum atomic E-state index is 12.5. The minimum atomic E-state index is -0.593. The van der Waals surface area contributed by atoms with Crippen LogP contribution in [0.25, 0.3) is 10.2 Å². The fourth-order valence-corrected chi connectivity index (χ4v) is 3.55. The maximum Gasteiger partial charge on any atom is 0.260 e. The molecule has 1 heterocycles. The largest absolute Gasteiger partial charge is 0.483 e. The van der Waals surface area contributed by atoms with Crippen molar-refractivity contribution in [2.75, 3.05) is 13.7 Å². The summed E-state index contributed by atoms with van der Waals surface area (Å²) in [5.74, 6) is -0.505. The number of para-hydroxylation sites is 2. The third-order valence-corrected chi connectivity index (χ3v) is 5.35. The summed E-state index contributed by atoms with van der Waals surface area (Å²) >= 11 is 1.56. The number of amides is 2. The Labute approximate surface area is 155 Å². The molecule has 2 N–H and O–H groups in total. The first-order valence-electron chi connectivity index (χ1n) is 8.10. The zero-order valence-corrected chi connectivity index (χ0v) is 15.3. The average molecular weight is 369 g/mol. The summed E-state index contributed by atoms with van der Waals surface area (Å²) in [7, 11) is 1.71. The van der Waals surface area contributed by atoms with E-state index in [-0.39, 0.29) is 24.1 Å². The van der Waals surface area contributed by atoms with Crippen LogP contribution in [-0.2, 0) is 4.79 Å². The lowest BCUT2D eigenvalue weighted by molar-refractivity contribution is -0.134. The highest BCUT2D eigenvalue weighted by molar-refractivity contribution is 7.18. The van der Waals surface area contributed by atoms with Gasteiger partial charge in [0, 0.05) is 7.05 Å². The molecule has 0 saturated carbocycles. The van der Waals surface area contributed by atoms with E-state index in [4.69, 9.17) is 10.5 Å². The molecule has 134 valence electrons. The van der Waals surface area contributed by atoms with Crippen molar-refractivity contribution in [3.05, 3.63) is 59.1 Å². The number of nitrogens with two attached hydrogens (primary N) is 1. The predicted molar refractivity (Wildman–Crippen MR) is 101 cm³/mol. The number of thiazole rings is 1. The van der Waals surface area contributed by atoms with Gasteiger partial charge in [-0.3, -0.25) is 9.59 Å². The number of likely N-dealkylation sites (N-methyl/N-ethyl adjacent to an activating group) is 1. The summed E-state index contributed by atoms with van der Waals surface area (Å²) in [6.07, 6.45) is 0. The van der Waals surface area contributed by atoms with Crippen LogP contribution in [0, 0.1) is 0 Å². The third-order valence-electron chi connectivity index (χ3n) is 4.15. The summed E-state index contributed by atoms with van der Waals surface area (Å²) in [5, 5.41) is 0.861. The van der Waals surface area contributed by atoms with Crippen LogP contribution in [0.15, 0.2) is 48.5 Å². The normalized spacial score (nSPS) is 11.9. The molecule has 2 amide bonds. The number of ether oxygens (including phenoxy) is 1. The quantitative estimate of drug-likeness (QED) is 0.724. The number of primary amides is 1. The summed E-state index contributed by atoms with van der Waals surface area (Å²) in [4.78, 5) is 30.1. The Morgan fingerprint density at radius 3 is 2.62 bits per heavy atom. The lowest BCUT2D eigenvalue weighted by Crippen LogP contribution is -2.33. The molecule has 0 radical (unpaired) electrons. The summed E-state index contributed by atoms with van der Waals surface area (Å²) in [6.45, 7) is 1.74. The molecular weight excluding hydrogens is 350 g/mol. The molecule has 3 aromatic rings. The zero-order chi connectivity index (χ0) is 18.7. The van der Waals surface area contributed by atoms with Crippen molar-refractivity contribution in [3.63, 3.8) is 0 Å². The van der Waals surface area contributed by atoms with Crippen molar-refractivity contribution in [2.45, 2.75) is 13.0 Å². The van der Waals surface area contributed by atoms with Crippen LogP contribution in [0.2, 0.25) is 0 Å². The van der Waals surface area contributed by atoms with Crippen LogP contribution >= 0.6 is 11.3 Å². The standard InChI is InChI=1S/C19H19N3O3S/c1-12(19-21-14-8-4-6-10-16(14)26-19)22(2)17(23)11-25-15-9-5-3-7-13(15)18(20)24/h3-10,12H,11H2,1-2H3,(H2,20,24)/t12-/m1/s1. The number of carbonyl (C=O) groups is 2. The monoisotopic (exact) mass is 369 g/mol.